The van der Waals surface area contributed by atoms with E-state index in [1.165, 1.54) is 6.07 Å². The molecule has 0 radical (unpaired) electrons. The third-order valence-electron chi connectivity index (χ3n) is 6.25. The van der Waals surface area contributed by atoms with Gasteiger partial charge in [-0.05, 0) is 50.8 Å². The number of anilines is 1. The fourth-order valence-corrected chi connectivity index (χ4v) is 5.20. The van der Waals surface area contributed by atoms with Crippen molar-refractivity contribution in [3.05, 3.63) is 64.4 Å². The van der Waals surface area contributed by atoms with Gasteiger partial charge < -0.3 is 10.2 Å². The smallest absolute Gasteiger partial charge is 0.368 e. The molecule has 1 fully saturated rings. The lowest BCUT2D eigenvalue weighted by molar-refractivity contribution is -0.137. The number of thiazole rings is 1. The maximum atomic E-state index is 13.8. The molecule has 1 aliphatic rings. The summed E-state index contributed by atoms with van der Waals surface area (Å²) in [6, 6.07) is 8.12. The Morgan fingerprint density at radius 2 is 1.97 bits per heavy atom. The molecule has 1 aromatic carbocycles. The molecule has 3 heterocycles. The summed E-state index contributed by atoms with van der Waals surface area (Å²) in [5, 5.41) is 4.08. The highest BCUT2D eigenvalue weighted by molar-refractivity contribution is 7.15. The van der Waals surface area contributed by atoms with Crippen molar-refractivity contribution in [3.8, 4) is 10.4 Å². The number of halogens is 3. The summed E-state index contributed by atoms with van der Waals surface area (Å²) in [5.41, 5.74) is 1.74. The van der Waals surface area contributed by atoms with E-state index < -0.39 is 11.7 Å². The Kier molecular flexibility index (Phi) is 6.93. The van der Waals surface area contributed by atoms with Crippen molar-refractivity contribution in [2.24, 2.45) is 5.92 Å². The minimum Gasteiger partial charge on any atom is -0.368 e. The maximum Gasteiger partial charge on any atom is 0.417 e. The van der Waals surface area contributed by atoms with Crippen LogP contribution in [0, 0.1) is 19.8 Å². The van der Waals surface area contributed by atoms with E-state index in [2.05, 4.69) is 22.2 Å². The Bertz CT molecular complexity index is 1160. The molecule has 0 spiro atoms. The molecule has 0 bridgehead atoms. The summed E-state index contributed by atoms with van der Waals surface area (Å²) in [7, 11) is 0. The lowest BCUT2D eigenvalue weighted by Gasteiger charge is -2.40. The minimum atomic E-state index is -4.42. The standard InChI is InChI=1S/C25H27F3N4OS/c1-15-6-8-19(22-14-29-17(3)34-22)20(11-15)24(33)32-10-4-5-16(2)21(32)13-31-23-9-7-18(12-30-23)25(26,27)28/h6-9,11-12,14,16,21H,4-5,10,13H2,1-3H3,(H,30,31)/t16-,21-/m1/s1. The molecule has 2 aromatic heterocycles. The third kappa shape index (κ3) is 5.24. The van der Waals surface area contributed by atoms with Gasteiger partial charge >= 0.3 is 6.18 Å². The van der Waals surface area contributed by atoms with Gasteiger partial charge in [-0.15, -0.1) is 11.3 Å². The molecule has 5 nitrogen and oxygen atoms in total. The number of nitrogens with one attached hydrogen (secondary N) is 1. The van der Waals surface area contributed by atoms with Gasteiger partial charge in [0.2, 0.25) is 0 Å². The van der Waals surface area contributed by atoms with Gasteiger partial charge in [-0.25, -0.2) is 9.97 Å². The Morgan fingerprint density at radius 1 is 1.18 bits per heavy atom. The number of aromatic nitrogens is 2. The largest absolute Gasteiger partial charge is 0.417 e. The van der Waals surface area contributed by atoms with Gasteiger partial charge in [0.15, 0.2) is 0 Å². The van der Waals surface area contributed by atoms with Gasteiger partial charge in [0.1, 0.15) is 5.82 Å². The summed E-state index contributed by atoms with van der Waals surface area (Å²) in [5.74, 6) is 0.552. The maximum absolute atomic E-state index is 13.8. The molecule has 180 valence electrons. The predicted molar refractivity (Wildman–Crippen MR) is 128 cm³/mol. The predicted octanol–water partition coefficient (Wildman–Crippen LogP) is 6.19. The van der Waals surface area contributed by atoms with Crippen molar-refractivity contribution < 1.29 is 18.0 Å². The first kappa shape index (κ1) is 24.2. The monoisotopic (exact) mass is 488 g/mol. The van der Waals surface area contributed by atoms with E-state index in [1.54, 1.807) is 17.5 Å². The van der Waals surface area contributed by atoms with Gasteiger partial charge in [-0.1, -0.05) is 24.6 Å². The van der Waals surface area contributed by atoms with Crippen molar-refractivity contribution in [1.29, 1.82) is 0 Å². The summed E-state index contributed by atoms with van der Waals surface area (Å²) in [4.78, 5) is 24.9. The highest BCUT2D eigenvalue weighted by Crippen LogP contribution is 2.33. The van der Waals surface area contributed by atoms with Crippen LogP contribution >= 0.6 is 11.3 Å². The third-order valence-corrected chi connectivity index (χ3v) is 7.20. The van der Waals surface area contributed by atoms with Gasteiger partial charge in [-0.2, -0.15) is 13.2 Å². The molecule has 9 heteroatoms. The molecule has 3 aromatic rings. The van der Waals surface area contributed by atoms with Gasteiger partial charge in [0.05, 0.1) is 21.5 Å². The highest BCUT2D eigenvalue weighted by Gasteiger charge is 2.34. The number of amides is 1. The van der Waals surface area contributed by atoms with Gasteiger partial charge in [0, 0.05) is 36.6 Å². The zero-order valence-corrected chi connectivity index (χ0v) is 20.1. The Hall–Kier alpha value is -2.94. The number of carbonyl (C=O) groups excluding carboxylic acids is 1. The van der Waals surface area contributed by atoms with Crippen LogP contribution in [0.15, 0.2) is 42.7 Å². The second-order valence-corrected chi connectivity index (χ2v) is 10.0. The number of alkyl halides is 3. The van der Waals surface area contributed by atoms with E-state index in [1.807, 2.05) is 36.9 Å². The number of likely N-dealkylation sites (tertiary alicyclic amines) is 1. The van der Waals surface area contributed by atoms with Crippen LogP contribution in [0.2, 0.25) is 0 Å². The number of nitrogens with zero attached hydrogens (tertiary/aromatic N) is 3. The van der Waals surface area contributed by atoms with Crippen LogP contribution in [-0.4, -0.2) is 39.9 Å². The van der Waals surface area contributed by atoms with E-state index in [0.29, 0.717) is 24.5 Å². The Labute approximate surface area is 201 Å². The highest BCUT2D eigenvalue weighted by atomic mass is 32.1. The van der Waals surface area contributed by atoms with Crippen molar-refractivity contribution >= 4 is 23.1 Å². The van der Waals surface area contributed by atoms with E-state index in [9.17, 15) is 18.0 Å². The number of benzene rings is 1. The first-order valence-corrected chi connectivity index (χ1v) is 12.1. The number of piperidine rings is 1. The van der Waals surface area contributed by atoms with Crippen LogP contribution in [0.1, 0.15) is 46.3 Å². The molecule has 0 aliphatic carbocycles. The van der Waals surface area contributed by atoms with Crippen LogP contribution in [0.3, 0.4) is 0 Å². The fourth-order valence-electron chi connectivity index (χ4n) is 4.38. The van der Waals surface area contributed by atoms with Crippen LogP contribution < -0.4 is 5.32 Å². The summed E-state index contributed by atoms with van der Waals surface area (Å²) < 4.78 is 38.5. The number of rotatable bonds is 5. The molecule has 34 heavy (non-hydrogen) atoms. The number of hydrogen-bond acceptors (Lipinski definition) is 5. The number of hydrogen-bond donors (Lipinski definition) is 1. The second kappa shape index (κ2) is 9.74. The normalized spacial score (nSPS) is 18.7. The first-order chi connectivity index (χ1) is 16.1. The fraction of sp³-hybridized carbons (Fsp3) is 0.400. The number of carbonyl (C=O) groups is 1. The first-order valence-electron chi connectivity index (χ1n) is 11.2. The lowest BCUT2D eigenvalue weighted by Crippen LogP contribution is -2.51. The van der Waals surface area contributed by atoms with E-state index in [4.69, 9.17) is 0 Å². The van der Waals surface area contributed by atoms with Crippen LogP contribution in [-0.2, 0) is 6.18 Å². The summed E-state index contributed by atoms with van der Waals surface area (Å²) in [6.45, 7) is 7.05. The van der Waals surface area contributed by atoms with Crippen molar-refractivity contribution in [2.75, 3.05) is 18.4 Å². The van der Waals surface area contributed by atoms with E-state index >= 15 is 0 Å². The molecule has 0 unspecified atom stereocenters. The second-order valence-electron chi connectivity index (χ2n) is 8.79. The van der Waals surface area contributed by atoms with Crippen molar-refractivity contribution in [1.82, 2.24) is 14.9 Å². The zero-order chi connectivity index (χ0) is 24.5. The number of aryl methyl sites for hydroxylation is 2. The molecule has 1 amide bonds. The molecule has 4 rings (SSSR count). The SMILES string of the molecule is Cc1ccc(-c2cnc(C)s2)c(C(=O)N2CCC[C@@H](C)[C@H]2CNc2ccc(C(F)(F)F)cn2)c1. The minimum absolute atomic E-state index is 0.0384. The molecule has 1 aliphatic heterocycles. The quantitative estimate of drug-likeness (QED) is 0.465. The van der Waals surface area contributed by atoms with Crippen LogP contribution in [0.4, 0.5) is 19.0 Å². The van der Waals surface area contributed by atoms with Gasteiger partial charge in [-0.3, -0.25) is 4.79 Å². The molecular weight excluding hydrogens is 461 g/mol. The number of pyridine rings is 1. The van der Waals surface area contributed by atoms with E-state index in [-0.39, 0.29) is 17.9 Å². The summed E-state index contributed by atoms with van der Waals surface area (Å²) in [6.07, 6.45) is 0.0873. The molecule has 2 atom stereocenters. The zero-order valence-electron chi connectivity index (χ0n) is 19.3. The van der Waals surface area contributed by atoms with Crippen molar-refractivity contribution in [2.45, 2.75) is 45.8 Å². The van der Waals surface area contributed by atoms with Gasteiger partial charge in [0.25, 0.3) is 5.91 Å². The molecular formula is C25H27F3N4OS. The Balaban J connectivity index is 1.57. The average Bonchev–Trinajstić information content (AvgIpc) is 3.23. The van der Waals surface area contributed by atoms with E-state index in [0.717, 1.165) is 46.1 Å². The molecule has 1 saturated heterocycles. The Morgan fingerprint density at radius 3 is 2.62 bits per heavy atom. The average molecular weight is 489 g/mol. The van der Waals surface area contributed by atoms with Crippen LogP contribution in [0.5, 0.6) is 0 Å². The topological polar surface area (TPSA) is 58.1 Å². The molecule has 1 N–H and O–H groups in total. The van der Waals surface area contributed by atoms with Crippen LogP contribution in [0.25, 0.3) is 10.4 Å². The lowest BCUT2D eigenvalue weighted by atomic mass is 9.89. The molecule has 0 saturated carbocycles. The summed E-state index contributed by atoms with van der Waals surface area (Å²) >= 11 is 1.55. The van der Waals surface area contributed by atoms with Crippen molar-refractivity contribution in [3.63, 3.8) is 0 Å².